The molecule has 6 aliphatic heterocycles. The number of imidazole rings is 1. The monoisotopic (exact) mass is 1100 g/mol. The third-order valence-corrected chi connectivity index (χ3v) is 19.7. The third-order valence-electron chi connectivity index (χ3n) is 19.7. The fourth-order valence-electron chi connectivity index (χ4n) is 14.8. The Labute approximate surface area is 472 Å². The minimum atomic E-state index is -0.756. The van der Waals surface area contributed by atoms with E-state index >= 15 is 9.18 Å². The zero-order chi connectivity index (χ0) is 55.7. The van der Waals surface area contributed by atoms with Crippen LogP contribution in [0.3, 0.4) is 0 Å². The normalized spacial score (nSPS) is 24.3. The molecule has 424 valence electrons. The molecule has 0 atom stereocenters. The first kappa shape index (κ1) is 53.1. The number of carbonyl (C=O) groups is 6. The number of benzene rings is 3. The number of rotatable bonds is 10. The minimum Gasteiger partial charge on any atom is -0.342 e. The lowest BCUT2D eigenvalue weighted by Gasteiger charge is -2.48. The molecule has 5 aromatic rings. The van der Waals surface area contributed by atoms with Crippen LogP contribution in [0.25, 0.3) is 22.3 Å². The maximum Gasteiger partial charge on any atom is 0.328 e. The fourth-order valence-corrected chi connectivity index (χ4v) is 14.8. The maximum atomic E-state index is 15.3. The molecule has 0 radical (unpaired) electrons. The Morgan fingerprint density at radius 3 is 2.10 bits per heavy atom. The second-order valence-electron chi connectivity index (χ2n) is 24.6. The molecule has 2 saturated carbocycles. The molecule has 13 rings (SSSR count). The molecule has 8 aliphatic rings. The van der Waals surface area contributed by atoms with E-state index < -0.39 is 11.4 Å². The van der Waals surface area contributed by atoms with Crippen molar-refractivity contribution in [3.05, 3.63) is 95.6 Å². The highest BCUT2D eigenvalue weighted by molar-refractivity contribution is 6.10. The van der Waals surface area contributed by atoms with Gasteiger partial charge in [0.2, 0.25) is 29.5 Å². The van der Waals surface area contributed by atoms with Crippen molar-refractivity contribution in [1.29, 1.82) is 0 Å². The number of nitrogens with zero attached hydrogens (tertiary/aromatic N) is 9. The predicted octanol–water partition coefficient (Wildman–Crippen LogP) is 8.86. The molecule has 7 amide bonds. The number of pyridine rings is 1. The number of para-hydroxylation sites is 1. The second kappa shape index (κ2) is 21.6. The van der Waals surface area contributed by atoms with Crippen LogP contribution in [0, 0.1) is 23.6 Å². The molecule has 0 unspecified atom stereocenters. The first-order valence-corrected chi connectivity index (χ1v) is 30.0. The Kier molecular flexibility index (Phi) is 14.2. The van der Waals surface area contributed by atoms with Gasteiger partial charge in [0.05, 0.1) is 28.6 Å². The second-order valence-corrected chi connectivity index (χ2v) is 24.6. The highest BCUT2D eigenvalue weighted by Crippen LogP contribution is 2.52. The van der Waals surface area contributed by atoms with Crippen LogP contribution in [-0.2, 0) is 42.4 Å². The Bertz CT molecular complexity index is 3310. The standard InChI is InChI=1S/C63H74FN11O6/c1-39(2)74-38-65-53-36-52(67-57(56(53)74)66-51-9-5-4-8-50(51)64)44-15-17-49-54(33-44)75(48-34-47(35-48)69-24-6-3-7-25-69)61(80)63(49)22-30-71(31-23-63)59(78)42-18-26-70(27-19-42)58(77)40-10-12-41(13-11-40)60(79)72-28-20-43-32-46(16-14-45(43)37-72)73-29-21-55(76)68-62(73)81/h4-5,8-9,14-17,32-33,36,38-42,47-48H,3,6-7,10-13,18-31,34-35,37H2,1-2H3,(H,66,67)(H,68,76,81). The van der Waals surface area contributed by atoms with E-state index in [0.29, 0.717) is 127 Å². The highest BCUT2D eigenvalue weighted by atomic mass is 19.1. The van der Waals surface area contributed by atoms with Gasteiger partial charge in [-0.1, -0.05) is 36.8 Å². The Balaban J connectivity index is 0.645. The van der Waals surface area contributed by atoms with E-state index in [4.69, 9.17) is 9.97 Å². The van der Waals surface area contributed by atoms with Crippen LogP contribution < -0.4 is 20.4 Å². The molecule has 6 fully saturated rings. The summed E-state index contributed by atoms with van der Waals surface area (Å²) in [6.07, 6.45) is 13.3. The number of carbonyl (C=O) groups excluding carboxylic acids is 6. The van der Waals surface area contributed by atoms with Crippen molar-refractivity contribution in [2.75, 3.05) is 67.5 Å². The summed E-state index contributed by atoms with van der Waals surface area (Å²) >= 11 is 0. The molecule has 3 aromatic carbocycles. The van der Waals surface area contributed by atoms with Gasteiger partial charge in [-0.25, -0.2) is 19.2 Å². The molecule has 18 heteroatoms. The van der Waals surface area contributed by atoms with Crippen molar-refractivity contribution in [3.8, 4) is 11.3 Å². The van der Waals surface area contributed by atoms with Gasteiger partial charge in [-0.2, -0.15) is 0 Å². The Morgan fingerprint density at radius 2 is 1.40 bits per heavy atom. The van der Waals surface area contributed by atoms with E-state index in [0.717, 1.165) is 70.6 Å². The average molecular weight is 1100 g/mol. The predicted molar refractivity (Wildman–Crippen MR) is 306 cm³/mol. The SMILES string of the molecule is CC(C)n1cnc2cc(-c3ccc4c(c3)N(C3CC(N5CCCCC5)C3)C(=O)C43CCN(C(=O)C4CCN(C(=O)C5CCC(C(=O)N6CCc7cc(N8CCC(=O)NC8=O)ccc7C6)CC5)CC4)CC3)nc(Nc3ccccc3F)c21. The minimum absolute atomic E-state index is 0.0715. The molecule has 1 spiro atoms. The highest BCUT2D eigenvalue weighted by Gasteiger charge is 2.56. The number of nitrogens with one attached hydrogen (secondary N) is 2. The number of hydrogen-bond donors (Lipinski definition) is 2. The third kappa shape index (κ3) is 9.81. The van der Waals surface area contributed by atoms with Crippen LogP contribution in [0.1, 0.15) is 126 Å². The van der Waals surface area contributed by atoms with Crippen molar-refractivity contribution in [1.82, 2.24) is 39.5 Å². The van der Waals surface area contributed by atoms with Gasteiger partial charge < -0.3 is 34.4 Å². The number of fused-ring (bicyclic) bond motifs is 4. The number of aromatic nitrogens is 3. The number of anilines is 4. The fraction of sp³-hybridized carbons (Fsp3) is 0.524. The summed E-state index contributed by atoms with van der Waals surface area (Å²) in [5, 5.41) is 5.67. The van der Waals surface area contributed by atoms with Crippen molar-refractivity contribution in [2.24, 2.45) is 17.8 Å². The largest absolute Gasteiger partial charge is 0.342 e. The smallest absolute Gasteiger partial charge is 0.328 e. The van der Waals surface area contributed by atoms with E-state index in [-0.39, 0.29) is 71.6 Å². The number of piperidine rings is 3. The van der Waals surface area contributed by atoms with Gasteiger partial charge in [0.25, 0.3) is 0 Å². The van der Waals surface area contributed by atoms with E-state index in [1.807, 2.05) is 43.5 Å². The van der Waals surface area contributed by atoms with Crippen LogP contribution >= 0.6 is 0 Å². The summed E-state index contributed by atoms with van der Waals surface area (Å²) in [4.78, 5) is 104. The van der Waals surface area contributed by atoms with Crippen molar-refractivity contribution < 1.29 is 33.2 Å². The van der Waals surface area contributed by atoms with E-state index in [2.05, 4.69) is 52.5 Å². The summed E-state index contributed by atoms with van der Waals surface area (Å²) < 4.78 is 17.2. The van der Waals surface area contributed by atoms with Gasteiger partial charge >= 0.3 is 6.03 Å². The van der Waals surface area contributed by atoms with Crippen LogP contribution in [0.15, 0.2) is 73.1 Å². The summed E-state index contributed by atoms with van der Waals surface area (Å²) in [5.41, 5.74) is 7.46. The van der Waals surface area contributed by atoms with Crippen molar-refractivity contribution in [3.63, 3.8) is 0 Å². The molecule has 0 bridgehead atoms. The zero-order valence-corrected chi connectivity index (χ0v) is 46.7. The lowest BCUT2D eigenvalue weighted by molar-refractivity contribution is -0.145. The Hall–Kier alpha value is -7.21. The van der Waals surface area contributed by atoms with Crippen LogP contribution in [-0.4, -0.2) is 134 Å². The lowest BCUT2D eigenvalue weighted by Crippen LogP contribution is -2.58. The summed E-state index contributed by atoms with van der Waals surface area (Å²) in [7, 11) is 0. The quantitative estimate of drug-likeness (QED) is 0.137. The molecular formula is C63H74FN11O6. The van der Waals surface area contributed by atoms with Gasteiger partial charge in [0.1, 0.15) is 11.3 Å². The molecule has 81 heavy (non-hydrogen) atoms. The van der Waals surface area contributed by atoms with Gasteiger partial charge in [-0.3, -0.25) is 34.2 Å². The van der Waals surface area contributed by atoms with Crippen molar-refractivity contribution >= 4 is 69.5 Å². The van der Waals surface area contributed by atoms with Crippen LogP contribution in [0.2, 0.25) is 0 Å². The van der Waals surface area contributed by atoms with Crippen LogP contribution in [0.5, 0.6) is 0 Å². The topological polar surface area (TPSA) is 177 Å². The first-order chi connectivity index (χ1) is 39.3. The molecule has 17 nitrogen and oxygen atoms in total. The number of imide groups is 1. The first-order valence-electron chi connectivity index (χ1n) is 30.0. The van der Waals surface area contributed by atoms with Gasteiger partial charge in [-0.15, -0.1) is 0 Å². The maximum absolute atomic E-state index is 15.3. The molecule has 2 aromatic heterocycles. The van der Waals surface area contributed by atoms with Crippen LogP contribution in [0.4, 0.5) is 32.1 Å². The molecule has 2 aliphatic carbocycles. The number of halogens is 1. The molecular weight excluding hydrogens is 1030 g/mol. The molecule has 4 saturated heterocycles. The number of likely N-dealkylation sites (tertiary alicyclic amines) is 3. The molecule has 2 N–H and O–H groups in total. The lowest BCUT2D eigenvalue weighted by atomic mass is 9.73. The average Bonchev–Trinajstić information content (AvgIpc) is 3.13. The number of urea groups is 1. The van der Waals surface area contributed by atoms with Gasteiger partial charge in [-0.05, 0) is 163 Å². The van der Waals surface area contributed by atoms with E-state index in [9.17, 15) is 24.0 Å². The summed E-state index contributed by atoms with van der Waals surface area (Å²) in [6.45, 7) is 9.87. The van der Waals surface area contributed by atoms with Gasteiger partial charge in [0.15, 0.2) is 5.82 Å². The summed E-state index contributed by atoms with van der Waals surface area (Å²) in [6, 6.07) is 21.0. The Morgan fingerprint density at radius 1 is 0.704 bits per heavy atom. The number of hydrogen-bond acceptors (Lipinski definition) is 10. The van der Waals surface area contributed by atoms with Crippen molar-refractivity contribution in [2.45, 2.75) is 140 Å². The summed E-state index contributed by atoms with van der Waals surface area (Å²) in [5.74, 6) is -0.0481. The van der Waals surface area contributed by atoms with E-state index in [1.54, 1.807) is 29.4 Å². The molecule has 8 heterocycles. The number of amides is 7. The van der Waals surface area contributed by atoms with Gasteiger partial charge in [0, 0.05) is 105 Å². The zero-order valence-electron chi connectivity index (χ0n) is 46.7. The van der Waals surface area contributed by atoms with E-state index in [1.165, 1.54) is 25.3 Å².